The molecule has 0 aromatic heterocycles. The van der Waals surface area contributed by atoms with Crippen molar-refractivity contribution in [3.8, 4) is 0 Å². The molecule has 2 atom stereocenters. The zero-order valence-electron chi connectivity index (χ0n) is 7.30. The molecule has 1 rings (SSSR count). The van der Waals surface area contributed by atoms with Crippen LogP contribution in [0.2, 0.25) is 0 Å². The van der Waals surface area contributed by atoms with Crippen molar-refractivity contribution in [1.29, 1.82) is 0 Å². The normalized spacial score (nSPS) is 30.6. The molecule has 58 valence electrons. The van der Waals surface area contributed by atoms with Crippen molar-refractivity contribution in [3.05, 3.63) is 0 Å². The average molecular weight is 180 g/mol. The first-order chi connectivity index (χ1) is 4.70. The van der Waals surface area contributed by atoms with Crippen LogP contribution in [0.25, 0.3) is 0 Å². The van der Waals surface area contributed by atoms with E-state index in [2.05, 4.69) is 6.92 Å². The molecule has 0 aromatic carbocycles. The molecule has 0 aromatic rings. The van der Waals surface area contributed by atoms with Crippen LogP contribution in [0.15, 0.2) is 0 Å². The van der Waals surface area contributed by atoms with E-state index in [1.807, 2.05) is 0 Å². The van der Waals surface area contributed by atoms with Gasteiger partial charge in [0.25, 0.3) is 0 Å². The van der Waals surface area contributed by atoms with Gasteiger partial charge in [-0.15, -0.1) is 0 Å². The van der Waals surface area contributed by atoms with E-state index in [1.165, 1.54) is 6.42 Å². The number of hydrogen-bond donors (Lipinski definition) is 0. The molecule has 0 N–H and O–H groups in total. The summed E-state index contributed by atoms with van der Waals surface area (Å²) >= 11 is 0. The maximum atomic E-state index is 10.4. The SMILES string of the molecule is CC1CCCC(C(=O)[O-])C1.[K+]. The summed E-state index contributed by atoms with van der Waals surface area (Å²) in [6.45, 7) is 2.11. The fraction of sp³-hybridized carbons (Fsp3) is 0.875. The van der Waals surface area contributed by atoms with Crippen molar-refractivity contribution in [1.82, 2.24) is 0 Å². The molecule has 0 spiro atoms. The first kappa shape index (κ1) is 12.1. The van der Waals surface area contributed by atoms with Crippen LogP contribution in [0.4, 0.5) is 0 Å². The van der Waals surface area contributed by atoms with Gasteiger partial charge in [0.1, 0.15) is 0 Å². The first-order valence-corrected chi connectivity index (χ1v) is 3.91. The van der Waals surface area contributed by atoms with Crippen LogP contribution < -0.4 is 56.5 Å². The fourth-order valence-electron chi connectivity index (χ4n) is 1.65. The molecule has 1 fully saturated rings. The molecule has 11 heavy (non-hydrogen) atoms. The number of rotatable bonds is 1. The summed E-state index contributed by atoms with van der Waals surface area (Å²) in [4.78, 5) is 10.4. The molecule has 2 unspecified atom stereocenters. The Hall–Kier alpha value is 1.11. The van der Waals surface area contributed by atoms with E-state index in [0.717, 1.165) is 19.3 Å². The molecule has 3 heteroatoms. The van der Waals surface area contributed by atoms with E-state index in [1.54, 1.807) is 0 Å². The van der Waals surface area contributed by atoms with Crippen molar-refractivity contribution in [3.63, 3.8) is 0 Å². The molecule has 1 aliphatic carbocycles. The van der Waals surface area contributed by atoms with Crippen molar-refractivity contribution in [2.45, 2.75) is 32.6 Å². The van der Waals surface area contributed by atoms with Gasteiger partial charge in [-0.25, -0.2) is 0 Å². The van der Waals surface area contributed by atoms with E-state index in [-0.39, 0.29) is 57.3 Å². The molecule has 0 bridgehead atoms. The second-order valence-corrected chi connectivity index (χ2v) is 3.29. The van der Waals surface area contributed by atoms with Gasteiger partial charge in [-0.3, -0.25) is 0 Å². The first-order valence-electron chi connectivity index (χ1n) is 3.91. The van der Waals surface area contributed by atoms with Gasteiger partial charge in [-0.2, -0.15) is 0 Å². The van der Waals surface area contributed by atoms with Crippen LogP contribution in [0.1, 0.15) is 32.6 Å². The second-order valence-electron chi connectivity index (χ2n) is 3.29. The molecule has 1 aliphatic rings. The van der Waals surface area contributed by atoms with Crippen molar-refractivity contribution < 1.29 is 61.3 Å². The zero-order chi connectivity index (χ0) is 7.56. The van der Waals surface area contributed by atoms with Crippen LogP contribution >= 0.6 is 0 Å². The van der Waals surface area contributed by atoms with Gasteiger partial charge in [-0.05, 0) is 24.7 Å². The van der Waals surface area contributed by atoms with Gasteiger partial charge in [0.2, 0.25) is 0 Å². The van der Waals surface area contributed by atoms with Gasteiger partial charge >= 0.3 is 51.4 Å². The van der Waals surface area contributed by atoms with E-state index in [4.69, 9.17) is 0 Å². The molecule has 0 heterocycles. The van der Waals surface area contributed by atoms with Crippen molar-refractivity contribution >= 4 is 5.97 Å². The van der Waals surface area contributed by atoms with Crippen LogP contribution in [0.5, 0.6) is 0 Å². The summed E-state index contributed by atoms with van der Waals surface area (Å²) in [5.41, 5.74) is 0. The van der Waals surface area contributed by atoms with Gasteiger partial charge < -0.3 is 9.90 Å². The number of carbonyl (C=O) groups excluding carboxylic acids is 1. The number of carboxylic acid groups (broad SMARTS) is 1. The Bertz CT molecular complexity index is 136. The molecular weight excluding hydrogens is 167 g/mol. The quantitative estimate of drug-likeness (QED) is 0.421. The Labute approximate surface area is 110 Å². The Morgan fingerprint density at radius 2 is 2.09 bits per heavy atom. The van der Waals surface area contributed by atoms with Crippen LogP contribution in [-0.4, -0.2) is 5.97 Å². The predicted octanol–water partition coefficient (Wildman–Crippen LogP) is -2.43. The fourth-order valence-corrected chi connectivity index (χ4v) is 1.65. The van der Waals surface area contributed by atoms with Gasteiger partial charge in [0, 0.05) is 5.97 Å². The van der Waals surface area contributed by atoms with Crippen LogP contribution in [0.3, 0.4) is 0 Å². The van der Waals surface area contributed by atoms with E-state index in [0.29, 0.717) is 5.92 Å². The van der Waals surface area contributed by atoms with E-state index >= 15 is 0 Å². The minimum Gasteiger partial charge on any atom is -0.550 e. The average Bonchev–Trinajstić information content (AvgIpc) is 1.88. The van der Waals surface area contributed by atoms with Crippen LogP contribution in [-0.2, 0) is 4.79 Å². The largest absolute Gasteiger partial charge is 1.00 e. The third kappa shape index (κ3) is 4.04. The molecule has 0 saturated heterocycles. The van der Waals surface area contributed by atoms with Crippen molar-refractivity contribution in [2.24, 2.45) is 11.8 Å². The number of carbonyl (C=O) groups is 1. The summed E-state index contributed by atoms with van der Waals surface area (Å²) in [5.74, 6) is -0.438. The third-order valence-electron chi connectivity index (χ3n) is 2.27. The summed E-state index contributed by atoms with van der Waals surface area (Å²) in [7, 11) is 0. The third-order valence-corrected chi connectivity index (χ3v) is 2.27. The van der Waals surface area contributed by atoms with E-state index in [9.17, 15) is 9.90 Å². The number of carboxylic acids is 1. The van der Waals surface area contributed by atoms with Gasteiger partial charge in [0.15, 0.2) is 0 Å². The van der Waals surface area contributed by atoms with Crippen molar-refractivity contribution in [2.75, 3.05) is 0 Å². The molecule has 0 radical (unpaired) electrons. The monoisotopic (exact) mass is 180 g/mol. The maximum Gasteiger partial charge on any atom is 1.00 e. The van der Waals surface area contributed by atoms with Gasteiger partial charge in [-0.1, -0.05) is 19.8 Å². The van der Waals surface area contributed by atoms with Crippen LogP contribution in [0, 0.1) is 11.8 Å². The Morgan fingerprint density at radius 3 is 2.45 bits per heavy atom. The molecule has 2 nitrogen and oxygen atoms in total. The second kappa shape index (κ2) is 5.70. The summed E-state index contributed by atoms with van der Waals surface area (Å²) < 4.78 is 0. The predicted molar refractivity (Wildman–Crippen MR) is 36.1 cm³/mol. The van der Waals surface area contributed by atoms with E-state index < -0.39 is 5.97 Å². The summed E-state index contributed by atoms with van der Waals surface area (Å²) in [6, 6.07) is 0. The van der Waals surface area contributed by atoms with Gasteiger partial charge in [0.05, 0.1) is 0 Å². The molecule has 0 aliphatic heterocycles. The Balaban J connectivity index is 0.000001000. The zero-order valence-corrected chi connectivity index (χ0v) is 10.4. The Kier molecular flexibility index (Phi) is 6.27. The number of aliphatic carboxylic acids is 1. The minimum absolute atomic E-state index is 0. The standard InChI is InChI=1S/C8H14O2.K/c1-6-3-2-4-7(5-6)8(9)10;/h6-7H,2-5H2,1H3,(H,9,10);/q;+1/p-1. The molecular formula is C8H13KO2. The molecule has 1 saturated carbocycles. The maximum absolute atomic E-state index is 10.4. The topological polar surface area (TPSA) is 40.1 Å². The summed E-state index contributed by atoms with van der Waals surface area (Å²) in [5, 5.41) is 10.4. The number of hydrogen-bond acceptors (Lipinski definition) is 2. The Morgan fingerprint density at radius 1 is 1.45 bits per heavy atom. The smallest absolute Gasteiger partial charge is 0.550 e. The molecule has 0 amide bonds. The minimum atomic E-state index is -0.855. The summed E-state index contributed by atoms with van der Waals surface area (Å²) in [6.07, 6.45) is 3.89.